The van der Waals surface area contributed by atoms with E-state index in [1.807, 2.05) is 19.1 Å². The zero-order chi connectivity index (χ0) is 11.3. The Morgan fingerprint density at radius 2 is 2.20 bits per heavy atom. The lowest BCUT2D eigenvalue weighted by Crippen LogP contribution is -2.01. The highest BCUT2D eigenvalue weighted by Gasteiger charge is 2.05. The van der Waals surface area contributed by atoms with Crippen molar-refractivity contribution < 1.29 is 9.53 Å². The van der Waals surface area contributed by atoms with E-state index < -0.39 is 0 Å². The topological polar surface area (TPSA) is 50.1 Å². The Morgan fingerprint density at radius 3 is 2.80 bits per heavy atom. The van der Waals surface area contributed by atoms with Crippen LogP contribution in [-0.4, -0.2) is 13.1 Å². The summed E-state index contributed by atoms with van der Waals surface area (Å²) in [6.45, 7) is 1.89. The molecule has 0 aliphatic carbocycles. The summed E-state index contributed by atoms with van der Waals surface area (Å²) < 4.78 is 4.62. The fourth-order valence-electron chi connectivity index (χ4n) is 1.28. The summed E-state index contributed by atoms with van der Waals surface area (Å²) in [5.74, 6) is -0.370. The number of nitriles is 1. The van der Waals surface area contributed by atoms with Crippen molar-refractivity contribution in [2.75, 3.05) is 7.11 Å². The Morgan fingerprint density at radius 1 is 1.47 bits per heavy atom. The predicted octanol–water partition coefficient (Wildman–Crippen LogP) is 2.32. The number of rotatable bonds is 2. The van der Waals surface area contributed by atoms with Gasteiger partial charge in [0.05, 0.1) is 18.7 Å². The minimum absolute atomic E-state index is 0.370. The lowest BCUT2D eigenvalue weighted by molar-refractivity contribution is 0.0600. The second-order valence-corrected chi connectivity index (χ2v) is 3.09. The molecule has 0 bridgehead atoms. The minimum Gasteiger partial charge on any atom is -0.465 e. The maximum Gasteiger partial charge on any atom is 0.337 e. The third-order valence-electron chi connectivity index (χ3n) is 1.87. The smallest absolute Gasteiger partial charge is 0.337 e. The molecule has 0 unspecified atom stereocenters. The molecule has 1 rings (SSSR count). The molecule has 0 aromatic heterocycles. The lowest BCUT2D eigenvalue weighted by Gasteiger charge is -2.02. The van der Waals surface area contributed by atoms with Gasteiger partial charge in [0, 0.05) is 6.08 Å². The number of methoxy groups -OCH3 is 1. The molecule has 3 heteroatoms. The molecular weight excluding hydrogens is 190 g/mol. The van der Waals surface area contributed by atoms with Crippen LogP contribution in [0.3, 0.4) is 0 Å². The third-order valence-corrected chi connectivity index (χ3v) is 1.87. The molecule has 0 aliphatic heterocycles. The van der Waals surface area contributed by atoms with E-state index in [1.54, 1.807) is 18.2 Å². The molecular formula is C12H11NO2. The van der Waals surface area contributed by atoms with Gasteiger partial charge in [0.15, 0.2) is 0 Å². The highest BCUT2D eigenvalue weighted by molar-refractivity contribution is 5.90. The van der Waals surface area contributed by atoms with Crippen LogP contribution in [0.1, 0.15) is 21.5 Å². The zero-order valence-electron chi connectivity index (χ0n) is 8.65. The first kappa shape index (κ1) is 11.0. The zero-order valence-corrected chi connectivity index (χ0v) is 8.65. The van der Waals surface area contributed by atoms with Gasteiger partial charge in [-0.2, -0.15) is 5.26 Å². The molecule has 0 spiro atoms. The maximum atomic E-state index is 11.3. The lowest BCUT2D eigenvalue weighted by atomic mass is 10.1. The van der Waals surface area contributed by atoms with Crippen LogP contribution in [0.25, 0.3) is 6.08 Å². The van der Waals surface area contributed by atoms with E-state index in [9.17, 15) is 4.79 Å². The van der Waals surface area contributed by atoms with E-state index >= 15 is 0 Å². The van der Waals surface area contributed by atoms with Gasteiger partial charge in [0.2, 0.25) is 0 Å². The van der Waals surface area contributed by atoms with E-state index in [1.165, 1.54) is 13.2 Å². The fourth-order valence-corrected chi connectivity index (χ4v) is 1.28. The van der Waals surface area contributed by atoms with Gasteiger partial charge in [0.1, 0.15) is 0 Å². The first-order chi connectivity index (χ1) is 7.17. The maximum absolute atomic E-state index is 11.3. The van der Waals surface area contributed by atoms with Gasteiger partial charge in [-0.05, 0) is 36.3 Å². The quantitative estimate of drug-likeness (QED) is 0.545. The molecule has 1 aromatic carbocycles. The number of aryl methyl sites for hydroxylation is 1. The summed E-state index contributed by atoms with van der Waals surface area (Å²) in [6.07, 6.45) is 3.02. The van der Waals surface area contributed by atoms with Gasteiger partial charge < -0.3 is 4.74 Å². The summed E-state index contributed by atoms with van der Waals surface area (Å²) >= 11 is 0. The van der Waals surface area contributed by atoms with Crippen LogP contribution in [-0.2, 0) is 4.74 Å². The number of benzene rings is 1. The highest BCUT2D eigenvalue weighted by atomic mass is 16.5. The third kappa shape index (κ3) is 2.96. The summed E-state index contributed by atoms with van der Waals surface area (Å²) in [7, 11) is 1.34. The molecule has 0 aliphatic rings. The number of carbonyl (C=O) groups excluding carboxylic acids is 1. The predicted molar refractivity (Wildman–Crippen MR) is 57.2 cm³/mol. The van der Waals surface area contributed by atoms with Crippen molar-refractivity contribution in [3.05, 3.63) is 41.0 Å². The van der Waals surface area contributed by atoms with Gasteiger partial charge >= 0.3 is 5.97 Å². The Bertz CT molecular complexity index is 441. The summed E-state index contributed by atoms with van der Waals surface area (Å²) in [5, 5.41) is 8.39. The van der Waals surface area contributed by atoms with Crippen LogP contribution in [0.15, 0.2) is 24.3 Å². The largest absolute Gasteiger partial charge is 0.465 e. The molecule has 76 valence electrons. The Labute approximate surface area is 88.6 Å². The van der Waals surface area contributed by atoms with E-state index in [4.69, 9.17) is 5.26 Å². The van der Waals surface area contributed by atoms with Gasteiger partial charge in [-0.25, -0.2) is 4.79 Å². The number of carbonyl (C=O) groups is 1. The molecule has 15 heavy (non-hydrogen) atoms. The summed E-state index contributed by atoms with van der Waals surface area (Å²) in [6, 6.07) is 7.22. The number of hydrogen-bond donors (Lipinski definition) is 0. The normalized spacial score (nSPS) is 9.93. The molecule has 3 nitrogen and oxygen atoms in total. The Kier molecular flexibility index (Phi) is 3.64. The SMILES string of the molecule is COC(=O)c1cc(C)cc(/C=C/C#N)c1. The summed E-state index contributed by atoms with van der Waals surface area (Å²) in [4.78, 5) is 11.3. The molecule has 1 aromatic rings. The summed E-state index contributed by atoms with van der Waals surface area (Å²) in [5.41, 5.74) is 2.27. The van der Waals surface area contributed by atoms with Crippen molar-refractivity contribution in [3.8, 4) is 6.07 Å². The second kappa shape index (κ2) is 4.97. The van der Waals surface area contributed by atoms with Crippen molar-refractivity contribution in [3.63, 3.8) is 0 Å². The molecule has 0 N–H and O–H groups in total. The van der Waals surface area contributed by atoms with Gasteiger partial charge in [-0.15, -0.1) is 0 Å². The van der Waals surface area contributed by atoms with Gasteiger partial charge in [-0.3, -0.25) is 0 Å². The highest BCUT2D eigenvalue weighted by Crippen LogP contribution is 2.12. The molecule has 0 saturated heterocycles. The number of ether oxygens (including phenoxy) is 1. The standard InChI is InChI=1S/C12H11NO2/c1-9-6-10(4-3-5-13)8-11(7-9)12(14)15-2/h3-4,6-8H,1-2H3/b4-3+. The molecule has 0 fully saturated rings. The molecule has 0 atom stereocenters. The van der Waals surface area contributed by atoms with E-state index in [0.717, 1.165) is 11.1 Å². The first-order valence-corrected chi connectivity index (χ1v) is 4.43. The van der Waals surface area contributed by atoms with E-state index in [-0.39, 0.29) is 5.97 Å². The molecule has 0 heterocycles. The van der Waals surface area contributed by atoms with E-state index in [0.29, 0.717) is 5.56 Å². The van der Waals surface area contributed by atoms with Crippen LogP contribution in [0.4, 0.5) is 0 Å². The fraction of sp³-hybridized carbons (Fsp3) is 0.167. The average molecular weight is 201 g/mol. The van der Waals surface area contributed by atoms with Crippen molar-refractivity contribution >= 4 is 12.0 Å². The van der Waals surface area contributed by atoms with Crippen LogP contribution < -0.4 is 0 Å². The van der Waals surface area contributed by atoms with Crippen LogP contribution >= 0.6 is 0 Å². The van der Waals surface area contributed by atoms with Crippen molar-refractivity contribution in [1.82, 2.24) is 0 Å². The van der Waals surface area contributed by atoms with Gasteiger partial charge in [-0.1, -0.05) is 6.07 Å². The minimum atomic E-state index is -0.370. The van der Waals surface area contributed by atoms with Crippen molar-refractivity contribution in [1.29, 1.82) is 5.26 Å². The number of hydrogen-bond acceptors (Lipinski definition) is 3. The van der Waals surface area contributed by atoms with Crippen LogP contribution in [0.2, 0.25) is 0 Å². The average Bonchev–Trinajstić information content (AvgIpc) is 2.24. The van der Waals surface area contributed by atoms with Crippen molar-refractivity contribution in [2.45, 2.75) is 6.92 Å². The Balaban J connectivity index is 3.11. The Hall–Kier alpha value is -2.08. The number of esters is 1. The van der Waals surface area contributed by atoms with Crippen LogP contribution in [0.5, 0.6) is 0 Å². The van der Waals surface area contributed by atoms with Crippen molar-refractivity contribution in [2.24, 2.45) is 0 Å². The number of nitrogens with zero attached hydrogens (tertiary/aromatic N) is 1. The monoisotopic (exact) mass is 201 g/mol. The molecule has 0 radical (unpaired) electrons. The van der Waals surface area contributed by atoms with Gasteiger partial charge in [0.25, 0.3) is 0 Å². The first-order valence-electron chi connectivity index (χ1n) is 4.43. The van der Waals surface area contributed by atoms with E-state index in [2.05, 4.69) is 4.74 Å². The van der Waals surface area contributed by atoms with Crippen LogP contribution in [0, 0.1) is 18.3 Å². The number of allylic oxidation sites excluding steroid dienone is 1. The molecule has 0 saturated carbocycles. The second-order valence-electron chi connectivity index (χ2n) is 3.09. The molecule has 0 amide bonds.